The highest BCUT2D eigenvalue weighted by atomic mass is 19.3. The number of ether oxygens (including phenoxy) is 5. The predicted molar refractivity (Wildman–Crippen MR) is 158 cm³/mol. The molecule has 0 aromatic rings. The smallest absolute Gasteiger partial charge is 0.332 e. The van der Waals surface area contributed by atoms with Crippen LogP contribution in [0.25, 0.3) is 0 Å². The summed E-state index contributed by atoms with van der Waals surface area (Å²) in [6.07, 6.45) is -18.0. The molecule has 6 N–H and O–H groups in total. The zero-order valence-corrected chi connectivity index (χ0v) is 27.4. The molecule has 0 bridgehead atoms. The molecule has 1 amide bonds. The number of hydrogen-bond donors (Lipinski definition) is 6. The molecule has 0 aromatic heterocycles. The average molecular weight is 706 g/mol. The van der Waals surface area contributed by atoms with Gasteiger partial charge in [0.2, 0.25) is 12.3 Å². The summed E-state index contributed by atoms with van der Waals surface area (Å²) in [5.74, 6) is -3.28. The maximum Gasteiger partial charge on any atom is 0.332 e. The monoisotopic (exact) mass is 705 g/mol. The number of carboxylic acid groups (broad SMARTS) is 1. The Morgan fingerprint density at radius 3 is 2.15 bits per heavy atom. The number of carbonyl (C=O) groups is 2. The maximum absolute atomic E-state index is 14.0. The fraction of sp³-hybridized carbons (Fsp3) is 0.935. The van der Waals surface area contributed by atoms with Gasteiger partial charge in [-0.15, -0.1) is 0 Å². The summed E-state index contributed by atoms with van der Waals surface area (Å²) in [5.41, 5.74) is 0. The molecular weight excluding hydrogens is 654 g/mol. The van der Waals surface area contributed by atoms with Crippen LogP contribution in [0.2, 0.25) is 0 Å². The standard InChI is InChI=1S/C31H51F4NO12/c1-14(8-7-11-18(27(32)33)13-44-31-23(40)22(39)21(38)15(2)46-31)45-30-20(36-16(3)37)25(24(41)26(48-30)28(34)35)47-19(29(42)43)12-17-9-5-4-6-10-17/h14-15,17-28,30-31,38-41H,4-13H2,1-3H3,(H,36,37)(H,42,43)/t14-,15-,18+,19-,20?,21?,22-,23-,24-,25?,26+,30+,31?/m0/s1. The second kappa shape index (κ2) is 19.1. The van der Waals surface area contributed by atoms with Crippen LogP contribution in [0.4, 0.5) is 17.6 Å². The van der Waals surface area contributed by atoms with E-state index in [1.54, 1.807) is 0 Å². The van der Waals surface area contributed by atoms with E-state index < -0.39 is 111 Å². The Hall–Kier alpha value is -1.70. The van der Waals surface area contributed by atoms with Crippen molar-refractivity contribution in [1.82, 2.24) is 5.32 Å². The van der Waals surface area contributed by atoms with E-state index in [-0.39, 0.29) is 31.6 Å². The molecule has 48 heavy (non-hydrogen) atoms. The molecule has 0 spiro atoms. The number of aliphatic hydroxyl groups is 4. The van der Waals surface area contributed by atoms with Gasteiger partial charge in [-0.3, -0.25) is 4.79 Å². The summed E-state index contributed by atoms with van der Waals surface area (Å²) >= 11 is 0. The molecule has 2 saturated heterocycles. The molecule has 4 unspecified atom stereocenters. The molecule has 13 nitrogen and oxygen atoms in total. The van der Waals surface area contributed by atoms with Crippen molar-refractivity contribution >= 4 is 11.9 Å². The predicted octanol–water partition coefficient (Wildman–Crippen LogP) is 1.95. The van der Waals surface area contributed by atoms with Crippen LogP contribution in [-0.4, -0.2) is 130 Å². The van der Waals surface area contributed by atoms with Crippen LogP contribution >= 0.6 is 0 Å². The quantitative estimate of drug-likeness (QED) is 0.121. The number of rotatable bonds is 17. The molecule has 3 fully saturated rings. The van der Waals surface area contributed by atoms with Gasteiger partial charge >= 0.3 is 5.97 Å². The first-order valence-corrected chi connectivity index (χ1v) is 16.6. The van der Waals surface area contributed by atoms with E-state index in [2.05, 4.69) is 5.32 Å². The molecule has 2 heterocycles. The highest BCUT2D eigenvalue weighted by Gasteiger charge is 2.52. The molecule has 0 aromatic carbocycles. The Morgan fingerprint density at radius 1 is 0.896 bits per heavy atom. The Kier molecular flexibility index (Phi) is 16.2. The van der Waals surface area contributed by atoms with Crippen LogP contribution < -0.4 is 5.32 Å². The molecule has 0 radical (unpaired) electrons. The second-order valence-electron chi connectivity index (χ2n) is 13.2. The minimum atomic E-state index is -3.22. The van der Waals surface area contributed by atoms with E-state index in [1.807, 2.05) is 0 Å². The van der Waals surface area contributed by atoms with Crippen molar-refractivity contribution in [3.05, 3.63) is 0 Å². The number of aliphatic carboxylic acids is 1. The van der Waals surface area contributed by atoms with Crippen molar-refractivity contribution in [1.29, 1.82) is 0 Å². The molecule has 1 saturated carbocycles. The van der Waals surface area contributed by atoms with Crippen molar-refractivity contribution in [2.45, 2.75) is 165 Å². The number of carbonyl (C=O) groups excluding carboxylic acids is 1. The third-order valence-electron chi connectivity index (χ3n) is 9.29. The van der Waals surface area contributed by atoms with E-state index in [4.69, 9.17) is 23.7 Å². The van der Waals surface area contributed by atoms with Crippen molar-refractivity contribution < 1.29 is 76.4 Å². The van der Waals surface area contributed by atoms with Gasteiger partial charge in [-0.05, 0) is 39.0 Å². The SMILES string of the molecule is CC(=O)NC1C(O[C@@H](CC2CCCCC2)C(=O)O)[C@H](O)[C@H](C(F)F)O[C@H]1O[C@@H](C)CCC[C@H](COC1O[C@@H](C)C(O)[C@H](O)[C@@H]1O)C(F)F. The molecule has 1 aliphatic carbocycles. The van der Waals surface area contributed by atoms with E-state index in [0.717, 1.165) is 39.0 Å². The van der Waals surface area contributed by atoms with Gasteiger partial charge in [-0.2, -0.15) is 0 Å². The third-order valence-corrected chi connectivity index (χ3v) is 9.29. The molecule has 3 aliphatic rings. The van der Waals surface area contributed by atoms with E-state index in [9.17, 15) is 52.7 Å². The Morgan fingerprint density at radius 2 is 1.56 bits per heavy atom. The summed E-state index contributed by atoms with van der Waals surface area (Å²) in [7, 11) is 0. The lowest BCUT2D eigenvalue weighted by atomic mass is 9.85. The number of carboxylic acids is 1. The van der Waals surface area contributed by atoms with Gasteiger partial charge in [-0.1, -0.05) is 38.5 Å². The summed E-state index contributed by atoms with van der Waals surface area (Å²) in [5, 5.41) is 53.1. The van der Waals surface area contributed by atoms with Crippen molar-refractivity contribution in [3.63, 3.8) is 0 Å². The minimum absolute atomic E-state index is 0.0276. The van der Waals surface area contributed by atoms with Gasteiger partial charge < -0.3 is 54.5 Å². The number of hydrogen-bond acceptors (Lipinski definition) is 11. The van der Waals surface area contributed by atoms with E-state index >= 15 is 0 Å². The van der Waals surface area contributed by atoms with Crippen molar-refractivity contribution in [3.8, 4) is 0 Å². The molecule has 2 aliphatic heterocycles. The number of alkyl halides is 4. The van der Waals surface area contributed by atoms with Gasteiger partial charge in [-0.25, -0.2) is 22.4 Å². The average Bonchev–Trinajstić information content (AvgIpc) is 3.02. The Bertz CT molecular complexity index is 995. The lowest BCUT2D eigenvalue weighted by molar-refractivity contribution is -0.305. The van der Waals surface area contributed by atoms with Gasteiger partial charge in [0, 0.05) is 12.8 Å². The van der Waals surface area contributed by atoms with Crippen molar-refractivity contribution in [2.75, 3.05) is 6.61 Å². The first-order chi connectivity index (χ1) is 22.6. The maximum atomic E-state index is 14.0. The normalized spacial score (nSPS) is 35.4. The van der Waals surface area contributed by atoms with Gasteiger partial charge in [0.1, 0.15) is 42.7 Å². The lowest BCUT2D eigenvalue weighted by Crippen LogP contribution is -2.67. The zero-order chi connectivity index (χ0) is 35.7. The van der Waals surface area contributed by atoms with Crippen LogP contribution in [0.15, 0.2) is 0 Å². The summed E-state index contributed by atoms with van der Waals surface area (Å²) in [6.45, 7) is 3.55. The van der Waals surface area contributed by atoms with Crippen LogP contribution in [0, 0.1) is 11.8 Å². The zero-order valence-electron chi connectivity index (χ0n) is 27.4. The first-order valence-electron chi connectivity index (χ1n) is 16.6. The van der Waals surface area contributed by atoms with Crippen LogP contribution in [0.1, 0.15) is 78.6 Å². The van der Waals surface area contributed by atoms with Crippen LogP contribution in [0.5, 0.6) is 0 Å². The Labute approximate surface area is 277 Å². The minimum Gasteiger partial charge on any atom is -0.479 e. The molecule has 280 valence electrons. The number of nitrogens with one attached hydrogen (secondary N) is 1. The first kappa shape index (κ1) is 40.7. The Balaban J connectivity index is 1.64. The number of amides is 1. The summed E-state index contributed by atoms with van der Waals surface area (Å²) < 4.78 is 83.4. The van der Waals surface area contributed by atoms with Gasteiger partial charge in [0.15, 0.2) is 18.7 Å². The van der Waals surface area contributed by atoms with E-state index in [0.29, 0.717) is 0 Å². The van der Waals surface area contributed by atoms with E-state index in [1.165, 1.54) is 13.8 Å². The highest BCUT2D eigenvalue weighted by Crippen LogP contribution is 2.33. The highest BCUT2D eigenvalue weighted by molar-refractivity contribution is 5.73. The molecule has 3 rings (SSSR count). The topological polar surface area (TPSA) is 193 Å². The van der Waals surface area contributed by atoms with Gasteiger partial charge in [0.25, 0.3) is 6.43 Å². The number of aliphatic hydroxyl groups excluding tert-OH is 4. The van der Waals surface area contributed by atoms with Gasteiger partial charge in [0.05, 0.1) is 18.8 Å². The fourth-order valence-electron chi connectivity index (χ4n) is 6.50. The summed E-state index contributed by atoms with van der Waals surface area (Å²) in [6, 6.07) is -1.39. The third kappa shape index (κ3) is 11.4. The molecule has 17 heteroatoms. The van der Waals surface area contributed by atoms with Crippen molar-refractivity contribution in [2.24, 2.45) is 11.8 Å². The molecular formula is C31H51F4NO12. The number of halogens is 4. The largest absolute Gasteiger partial charge is 0.479 e. The van der Waals surface area contributed by atoms with Crippen LogP contribution in [0.3, 0.4) is 0 Å². The fourth-order valence-corrected chi connectivity index (χ4v) is 6.50. The van der Waals surface area contributed by atoms with Crippen LogP contribution in [-0.2, 0) is 33.3 Å². The second-order valence-corrected chi connectivity index (χ2v) is 13.2. The lowest BCUT2D eigenvalue weighted by Gasteiger charge is -2.45. The molecule has 13 atom stereocenters. The summed E-state index contributed by atoms with van der Waals surface area (Å²) in [4.78, 5) is 24.3.